The highest BCUT2D eigenvalue weighted by Gasteiger charge is 2.33. The van der Waals surface area contributed by atoms with Crippen molar-refractivity contribution in [2.24, 2.45) is 5.10 Å². The lowest BCUT2D eigenvalue weighted by Gasteiger charge is -2.10. The number of nitro groups is 1. The van der Waals surface area contributed by atoms with E-state index in [9.17, 15) is 33.2 Å². The number of benzene rings is 2. The molecule has 0 spiro atoms. The van der Waals surface area contributed by atoms with Gasteiger partial charge in [0.05, 0.1) is 16.7 Å². The molecule has 1 amide bonds. The summed E-state index contributed by atoms with van der Waals surface area (Å²) in [6, 6.07) is 8.40. The fourth-order valence-electron chi connectivity index (χ4n) is 2.15. The quantitative estimate of drug-likeness (QED) is 0.377. The summed E-state index contributed by atoms with van der Waals surface area (Å²) in [5, 5.41) is 26.8. The third kappa shape index (κ3) is 5.69. The third-order valence-electron chi connectivity index (χ3n) is 3.52. The van der Waals surface area contributed by atoms with Gasteiger partial charge in [0.1, 0.15) is 11.4 Å². The number of para-hydroxylation sites is 1. The zero-order valence-electron chi connectivity index (χ0n) is 14.2. The number of phenols is 1. The van der Waals surface area contributed by atoms with Crippen molar-refractivity contribution in [3.05, 3.63) is 63.7 Å². The minimum absolute atomic E-state index is 0.0169. The summed E-state index contributed by atoms with van der Waals surface area (Å²) >= 11 is 0. The number of hydrogen-bond donors (Lipinski definition) is 3. The molecule has 0 unspecified atom stereocenters. The molecule has 0 aliphatic heterocycles. The van der Waals surface area contributed by atoms with Crippen LogP contribution in [0.4, 0.5) is 24.5 Å². The Morgan fingerprint density at radius 2 is 1.96 bits per heavy atom. The Kier molecular flexibility index (Phi) is 6.53. The topological polar surface area (TPSA) is 117 Å². The van der Waals surface area contributed by atoms with Crippen LogP contribution in [0.3, 0.4) is 0 Å². The molecule has 0 radical (unpaired) electrons. The van der Waals surface area contributed by atoms with Gasteiger partial charge in [-0.3, -0.25) is 14.9 Å². The summed E-state index contributed by atoms with van der Waals surface area (Å²) in [5.74, 6) is -0.550. The second kappa shape index (κ2) is 8.84. The number of nitrogens with one attached hydrogen (secondary N) is 2. The number of rotatable bonds is 7. The predicted molar refractivity (Wildman–Crippen MR) is 95.0 cm³/mol. The van der Waals surface area contributed by atoms with E-state index in [0.29, 0.717) is 17.7 Å². The molecule has 0 atom stereocenters. The van der Waals surface area contributed by atoms with Gasteiger partial charge in [0, 0.05) is 24.6 Å². The van der Waals surface area contributed by atoms with Gasteiger partial charge in [-0.25, -0.2) is 5.43 Å². The van der Waals surface area contributed by atoms with E-state index in [2.05, 4.69) is 15.8 Å². The van der Waals surface area contributed by atoms with Crippen molar-refractivity contribution in [3.63, 3.8) is 0 Å². The molecule has 0 heterocycles. The largest absolute Gasteiger partial charge is 0.507 e. The van der Waals surface area contributed by atoms with Gasteiger partial charge in [0.15, 0.2) is 0 Å². The highest BCUT2D eigenvalue weighted by Crippen LogP contribution is 2.34. The molecule has 0 fully saturated rings. The van der Waals surface area contributed by atoms with Gasteiger partial charge < -0.3 is 10.4 Å². The average molecular weight is 396 g/mol. The minimum atomic E-state index is -4.70. The lowest BCUT2D eigenvalue weighted by molar-refractivity contribution is -0.384. The third-order valence-corrected chi connectivity index (χ3v) is 3.52. The summed E-state index contributed by atoms with van der Waals surface area (Å²) in [4.78, 5) is 21.7. The predicted octanol–water partition coefficient (Wildman–Crippen LogP) is 3.27. The van der Waals surface area contributed by atoms with Crippen LogP contribution in [-0.4, -0.2) is 28.7 Å². The molecule has 148 valence electrons. The molecule has 0 saturated carbocycles. The van der Waals surface area contributed by atoms with Crippen molar-refractivity contribution < 1.29 is 28.0 Å². The van der Waals surface area contributed by atoms with E-state index in [4.69, 9.17) is 0 Å². The molecule has 28 heavy (non-hydrogen) atoms. The number of hydrazone groups is 1. The highest BCUT2D eigenvalue weighted by molar-refractivity contribution is 5.85. The van der Waals surface area contributed by atoms with Crippen LogP contribution in [0.15, 0.2) is 47.6 Å². The molecule has 0 aromatic heterocycles. The second-order valence-corrected chi connectivity index (χ2v) is 5.52. The first-order valence-corrected chi connectivity index (χ1v) is 7.88. The van der Waals surface area contributed by atoms with Crippen LogP contribution < -0.4 is 10.7 Å². The first kappa shape index (κ1) is 20.7. The molecular formula is C17H15F3N4O4. The lowest BCUT2D eigenvalue weighted by Crippen LogP contribution is -2.21. The van der Waals surface area contributed by atoms with Crippen molar-refractivity contribution in [1.82, 2.24) is 5.43 Å². The van der Waals surface area contributed by atoms with Crippen molar-refractivity contribution in [3.8, 4) is 5.75 Å². The molecule has 0 aliphatic carbocycles. The first-order chi connectivity index (χ1) is 13.2. The van der Waals surface area contributed by atoms with Gasteiger partial charge in [-0.2, -0.15) is 18.3 Å². The van der Waals surface area contributed by atoms with Crippen LogP contribution in [0.1, 0.15) is 17.5 Å². The summed E-state index contributed by atoms with van der Waals surface area (Å²) in [5.41, 5.74) is 0.582. The van der Waals surface area contributed by atoms with Crippen molar-refractivity contribution in [2.45, 2.75) is 12.6 Å². The summed E-state index contributed by atoms with van der Waals surface area (Å²) in [7, 11) is 0. The monoisotopic (exact) mass is 396 g/mol. The van der Waals surface area contributed by atoms with Gasteiger partial charge in [-0.15, -0.1) is 0 Å². The zero-order chi connectivity index (χ0) is 20.7. The van der Waals surface area contributed by atoms with Gasteiger partial charge >= 0.3 is 6.18 Å². The fraction of sp³-hybridized carbons (Fsp3) is 0.176. The maximum atomic E-state index is 12.7. The molecule has 2 aromatic carbocycles. The smallest absolute Gasteiger partial charge is 0.416 e. The van der Waals surface area contributed by atoms with E-state index < -0.39 is 28.3 Å². The molecule has 8 nitrogen and oxygen atoms in total. The van der Waals surface area contributed by atoms with Crippen LogP contribution in [0.25, 0.3) is 0 Å². The molecule has 11 heteroatoms. The van der Waals surface area contributed by atoms with Crippen LogP contribution in [0.2, 0.25) is 0 Å². The Morgan fingerprint density at radius 3 is 2.61 bits per heavy atom. The standard InChI is InChI=1S/C17H15F3N4O4/c18-17(19,20)12-5-6-13(14(9-12)24(27)28)21-8-7-16(26)23-22-10-11-3-1-2-4-15(11)25/h1-6,9-10,21,25H,7-8H2,(H,23,26)/b22-10+. The van der Waals surface area contributed by atoms with Gasteiger partial charge in [-0.05, 0) is 24.3 Å². The number of phenolic OH excluding ortho intramolecular Hbond substituents is 1. The molecular weight excluding hydrogens is 381 g/mol. The van der Waals surface area contributed by atoms with E-state index >= 15 is 0 Å². The number of aromatic hydroxyl groups is 1. The number of nitrogens with zero attached hydrogens (tertiary/aromatic N) is 2. The SMILES string of the molecule is O=C(CCNc1ccc(C(F)(F)F)cc1[N+](=O)[O-])N/N=C/c1ccccc1O. The van der Waals surface area contributed by atoms with Crippen molar-refractivity contribution >= 4 is 23.5 Å². The maximum absolute atomic E-state index is 12.7. The number of carbonyl (C=O) groups is 1. The summed E-state index contributed by atoms with van der Waals surface area (Å²) in [6.45, 7) is -0.0653. The van der Waals surface area contributed by atoms with Crippen molar-refractivity contribution in [1.29, 1.82) is 0 Å². The van der Waals surface area contributed by atoms with Gasteiger partial charge in [0.2, 0.25) is 5.91 Å². The Morgan fingerprint density at radius 1 is 1.25 bits per heavy atom. The number of hydrogen-bond acceptors (Lipinski definition) is 6. The number of amides is 1. The molecule has 0 saturated heterocycles. The fourth-order valence-corrected chi connectivity index (χ4v) is 2.15. The summed E-state index contributed by atoms with van der Waals surface area (Å²) in [6.07, 6.45) is -3.61. The van der Waals surface area contributed by atoms with Crippen LogP contribution in [0.5, 0.6) is 5.75 Å². The lowest BCUT2D eigenvalue weighted by atomic mass is 10.1. The molecule has 0 aliphatic rings. The Balaban J connectivity index is 1.91. The van der Waals surface area contributed by atoms with Crippen LogP contribution >= 0.6 is 0 Å². The van der Waals surface area contributed by atoms with Crippen molar-refractivity contribution in [2.75, 3.05) is 11.9 Å². The van der Waals surface area contributed by atoms with E-state index in [1.54, 1.807) is 18.2 Å². The Hall–Kier alpha value is -3.63. The molecule has 2 rings (SSSR count). The second-order valence-electron chi connectivity index (χ2n) is 5.52. The number of halogens is 3. The van der Waals surface area contributed by atoms with E-state index in [1.807, 2.05) is 0 Å². The van der Waals surface area contributed by atoms with E-state index in [-0.39, 0.29) is 24.4 Å². The highest BCUT2D eigenvalue weighted by atomic mass is 19.4. The maximum Gasteiger partial charge on any atom is 0.416 e. The van der Waals surface area contributed by atoms with Crippen LogP contribution in [-0.2, 0) is 11.0 Å². The Bertz CT molecular complexity index is 900. The minimum Gasteiger partial charge on any atom is -0.507 e. The normalized spacial score (nSPS) is 11.4. The van der Waals surface area contributed by atoms with Gasteiger partial charge in [-0.1, -0.05) is 12.1 Å². The van der Waals surface area contributed by atoms with Crippen LogP contribution in [0, 0.1) is 10.1 Å². The van der Waals surface area contributed by atoms with E-state index in [0.717, 1.165) is 6.07 Å². The summed E-state index contributed by atoms with van der Waals surface area (Å²) < 4.78 is 38.0. The number of anilines is 1. The van der Waals surface area contributed by atoms with Gasteiger partial charge in [0.25, 0.3) is 5.69 Å². The molecule has 2 aromatic rings. The molecule has 0 bridgehead atoms. The molecule has 3 N–H and O–H groups in total. The average Bonchev–Trinajstić information content (AvgIpc) is 2.62. The Labute approximate surface area is 156 Å². The first-order valence-electron chi connectivity index (χ1n) is 7.88. The number of nitro benzene ring substituents is 1. The van der Waals surface area contributed by atoms with E-state index in [1.165, 1.54) is 12.3 Å². The number of alkyl halides is 3. The zero-order valence-corrected chi connectivity index (χ0v) is 14.2. The number of carbonyl (C=O) groups excluding carboxylic acids is 1.